The minimum absolute atomic E-state index is 0.258. The van der Waals surface area contributed by atoms with Crippen molar-refractivity contribution in [3.63, 3.8) is 0 Å². The molecule has 0 unspecified atom stereocenters. The number of carbonyl (C=O) groups excluding carboxylic acids is 2. The van der Waals surface area contributed by atoms with Crippen LogP contribution in [0.1, 0.15) is 41.6 Å². The van der Waals surface area contributed by atoms with Crippen LogP contribution in [0, 0.1) is 0 Å². The normalized spacial score (nSPS) is 16.5. The van der Waals surface area contributed by atoms with Crippen molar-refractivity contribution in [2.24, 2.45) is 0 Å². The molecule has 1 fully saturated rings. The number of methoxy groups -OCH3 is 1. The largest absolute Gasteiger partial charge is 0.465 e. The van der Waals surface area contributed by atoms with Gasteiger partial charge in [0.1, 0.15) is 0 Å². The van der Waals surface area contributed by atoms with Gasteiger partial charge in [0, 0.05) is 30.7 Å². The van der Waals surface area contributed by atoms with Gasteiger partial charge in [-0.15, -0.1) is 0 Å². The zero-order valence-electron chi connectivity index (χ0n) is 15.6. The number of amides is 1. The highest BCUT2D eigenvalue weighted by Crippen LogP contribution is 2.47. The third kappa shape index (κ3) is 3.71. The summed E-state index contributed by atoms with van der Waals surface area (Å²) in [6.45, 7) is 0. The predicted molar refractivity (Wildman–Crippen MR) is 104 cm³/mol. The molecule has 0 radical (unpaired) electrons. The second kappa shape index (κ2) is 7.38. The SMILES string of the molecule is COC(=O)c1ccc(/C=C/C(=O)Nc2ccc3c(c2)OC2(CCCC2)O3)cc1. The first-order chi connectivity index (χ1) is 13.6. The van der Waals surface area contributed by atoms with Crippen molar-refractivity contribution in [1.82, 2.24) is 0 Å². The van der Waals surface area contributed by atoms with Crippen molar-refractivity contribution in [1.29, 1.82) is 0 Å². The van der Waals surface area contributed by atoms with E-state index in [1.165, 1.54) is 13.2 Å². The third-order valence-corrected chi connectivity index (χ3v) is 4.93. The Bertz CT molecular complexity index is 926. The maximum absolute atomic E-state index is 12.2. The summed E-state index contributed by atoms with van der Waals surface area (Å²) in [6, 6.07) is 12.2. The van der Waals surface area contributed by atoms with E-state index in [1.807, 2.05) is 6.07 Å². The van der Waals surface area contributed by atoms with Gasteiger partial charge in [0.05, 0.1) is 12.7 Å². The number of benzene rings is 2. The highest BCUT2D eigenvalue weighted by atomic mass is 16.7. The highest BCUT2D eigenvalue weighted by Gasteiger charge is 2.44. The van der Waals surface area contributed by atoms with E-state index >= 15 is 0 Å². The lowest BCUT2D eigenvalue weighted by Crippen LogP contribution is -2.34. The van der Waals surface area contributed by atoms with Crippen LogP contribution in [0.15, 0.2) is 48.5 Å². The van der Waals surface area contributed by atoms with Gasteiger partial charge in [-0.1, -0.05) is 12.1 Å². The topological polar surface area (TPSA) is 73.9 Å². The number of rotatable bonds is 4. The minimum atomic E-state index is -0.513. The molecule has 1 heterocycles. The Morgan fingerprint density at radius 1 is 1.04 bits per heavy atom. The van der Waals surface area contributed by atoms with Gasteiger partial charge in [-0.05, 0) is 48.7 Å². The Hall–Kier alpha value is -3.28. The van der Waals surface area contributed by atoms with Gasteiger partial charge in [-0.2, -0.15) is 0 Å². The predicted octanol–water partition coefficient (Wildman–Crippen LogP) is 4.17. The van der Waals surface area contributed by atoms with Gasteiger partial charge in [0.2, 0.25) is 5.91 Å². The maximum atomic E-state index is 12.2. The molecule has 1 N–H and O–H groups in total. The Morgan fingerprint density at radius 2 is 1.75 bits per heavy atom. The van der Waals surface area contributed by atoms with Gasteiger partial charge < -0.3 is 19.5 Å². The van der Waals surface area contributed by atoms with Gasteiger partial charge in [0.15, 0.2) is 11.5 Å². The summed E-state index contributed by atoms with van der Waals surface area (Å²) in [5, 5.41) is 2.82. The average Bonchev–Trinajstić information content (AvgIpc) is 3.31. The summed E-state index contributed by atoms with van der Waals surface area (Å²) in [7, 11) is 1.34. The number of anilines is 1. The first-order valence-electron chi connectivity index (χ1n) is 9.26. The van der Waals surface area contributed by atoms with E-state index in [1.54, 1.807) is 42.5 Å². The van der Waals surface area contributed by atoms with Crippen LogP contribution in [0.3, 0.4) is 0 Å². The Kier molecular flexibility index (Phi) is 4.77. The Balaban J connectivity index is 1.38. The van der Waals surface area contributed by atoms with Crippen molar-refractivity contribution in [3.8, 4) is 11.5 Å². The van der Waals surface area contributed by atoms with Crippen LogP contribution in [0.4, 0.5) is 5.69 Å². The molecule has 1 spiro atoms. The van der Waals surface area contributed by atoms with Crippen LogP contribution in [0.5, 0.6) is 11.5 Å². The molecule has 1 aliphatic heterocycles. The Labute approximate surface area is 163 Å². The summed E-state index contributed by atoms with van der Waals surface area (Å²) in [5.74, 6) is 0.228. The molecule has 2 aromatic rings. The zero-order valence-corrected chi connectivity index (χ0v) is 15.6. The highest BCUT2D eigenvalue weighted by molar-refractivity contribution is 6.02. The molecule has 28 heavy (non-hydrogen) atoms. The summed E-state index contributed by atoms with van der Waals surface area (Å²) < 4.78 is 16.7. The quantitative estimate of drug-likeness (QED) is 0.638. The fraction of sp³-hybridized carbons (Fsp3) is 0.273. The molecule has 0 bridgehead atoms. The molecule has 6 heteroatoms. The monoisotopic (exact) mass is 379 g/mol. The zero-order chi connectivity index (χ0) is 19.6. The smallest absolute Gasteiger partial charge is 0.337 e. The number of nitrogens with one attached hydrogen (secondary N) is 1. The molecular formula is C22H21NO5. The molecule has 1 aliphatic carbocycles. The first kappa shape index (κ1) is 18.1. The lowest BCUT2D eigenvalue weighted by Gasteiger charge is -2.21. The maximum Gasteiger partial charge on any atom is 0.337 e. The van der Waals surface area contributed by atoms with Crippen molar-refractivity contribution in [2.45, 2.75) is 31.5 Å². The number of esters is 1. The first-order valence-corrected chi connectivity index (χ1v) is 9.26. The second-order valence-electron chi connectivity index (χ2n) is 6.92. The summed E-state index contributed by atoms with van der Waals surface area (Å²) in [6.07, 6.45) is 7.10. The van der Waals surface area contributed by atoms with Gasteiger partial charge >= 0.3 is 5.97 Å². The number of fused-ring (bicyclic) bond motifs is 1. The molecule has 0 atom stereocenters. The van der Waals surface area contributed by atoms with Crippen LogP contribution in [-0.4, -0.2) is 24.8 Å². The van der Waals surface area contributed by atoms with Crippen LogP contribution in [0.25, 0.3) is 6.08 Å². The van der Waals surface area contributed by atoms with Crippen LogP contribution < -0.4 is 14.8 Å². The minimum Gasteiger partial charge on any atom is -0.465 e. The van der Waals surface area contributed by atoms with Crippen molar-refractivity contribution in [3.05, 3.63) is 59.7 Å². The van der Waals surface area contributed by atoms with E-state index in [0.717, 1.165) is 37.0 Å². The fourth-order valence-electron chi connectivity index (χ4n) is 3.49. The van der Waals surface area contributed by atoms with Crippen LogP contribution in [-0.2, 0) is 9.53 Å². The molecule has 0 aromatic heterocycles. The Morgan fingerprint density at radius 3 is 2.46 bits per heavy atom. The average molecular weight is 379 g/mol. The van der Waals surface area contributed by atoms with E-state index < -0.39 is 11.8 Å². The van der Waals surface area contributed by atoms with Crippen molar-refractivity contribution in [2.75, 3.05) is 12.4 Å². The third-order valence-electron chi connectivity index (χ3n) is 4.93. The van der Waals surface area contributed by atoms with Crippen LogP contribution in [0.2, 0.25) is 0 Å². The summed E-state index contributed by atoms with van der Waals surface area (Å²) in [4.78, 5) is 23.6. The number of hydrogen-bond acceptors (Lipinski definition) is 5. The molecular weight excluding hydrogens is 358 g/mol. The van der Waals surface area contributed by atoms with E-state index in [0.29, 0.717) is 17.0 Å². The molecule has 1 amide bonds. The lowest BCUT2D eigenvalue weighted by atomic mass is 10.1. The van der Waals surface area contributed by atoms with Gasteiger partial charge in [-0.25, -0.2) is 4.79 Å². The lowest BCUT2D eigenvalue weighted by molar-refractivity contribution is -0.111. The molecule has 4 rings (SSSR count). The number of carbonyl (C=O) groups is 2. The number of hydrogen-bond donors (Lipinski definition) is 1. The second-order valence-corrected chi connectivity index (χ2v) is 6.92. The number of ether oxygens (including phenoxy) is 3. The summed E-state index contributed by atoms with van der Waals surface area (Å²) in [5.41, 5.74) is 1.91. The van der Waals surface area contributed by atoms with Gasteiger partial charge in [-0.3, -0.25) is 4.79 Å². The molecule has 144 valence electrons. The van der Waals surface area contributed by atoms with E-state index in [9.17, 15) is 9.59 Å². The van der Waals surface area contributed by atoms with Crippen LogP contribution >= 0.6 is 0 Å². The molecule has 0 saturated heterocycles. The van der Waals surface area contributed by atoms with E-state index in [2.05, 4.69) is 10.1 Å². The van der Waals surface area contributed by atoms with E-state index in [4.69, 9.17) is 9.47 Å². The molecule has 2 aliphatic rings. The van der Waals surface area contributed by atoms with Gasteiger partial charge in [0.25, 0.3) is 5.79 Å². The van der Waals surface area contributed by atoms with Crippen molar-refractivity contribution < 1.29 is 23.8 Å². The summed E-state index contributed by atoms with van der Waals surface area (Å²) >= 11 is 0. The molecule has 2 aromatic carbocycles. The fourth-order valence-corrected chi connectivity index (χ4v) is 3.49. The molecule has 1 saturated carbocycles. The van der Waals surface area contributed by atoms with Crippen molar-refractivity contribution >= 4 is 23.6 Å². The van der Waals surface area contributed by atoms with E-state index in [-0.39, 0.29) is 5.91 Å². The molecule has 6 nitrogen and oxygen atoms in total. The standard InChI is InChI=1S/C22H21NO5/c1-26-21(25)16-7-4-15(5-8-16)6-11-20(24)23-17-9-10-18-19(14-17)28-22(27-18)12-2-3-13-22/h4-11,14H,2-3,12-13H2,1H3,(H,23,24)/b11-6+.